The SMILES string of the molecule is CCOC(=O)NC(C)C(O)C(=O)OCC. The first-order valence-electron chi connectivity index (χ1n) is 4.80. The Morgan fingerprint density at radius 2 is 1.80 bits per heavy atom. The largest absolute Gasteiger partial charge is 0.464 e. The topological polar surface area (TPSA) is 84.9 Å². The number of hydrogen-bond donors (Lipinski definition) is 2. The molecule has 0 heterocycles. The van der Waals surface area contributed by atoms with Crippen LogP contribution in [0.25, 0.3) is 0 Å². The van der Waals surface area contributed by atoms with Gasteiger partial charge in [0.25, 0.3) is 0 Å². The predicted octanol–water partition coefficient (Wildman–Crippen LogP) is 0.0450. The van der Waals surface area contributed by atoms with Crippen molar-refractivity contribution < 1.29 is 24.2 Å². The van der Waals surface area contributed by atoms with Crippen molar-refractivity contribution in [2.75, 3.05) is 13.2 Å². The lowest BCUT2D eigenvalue weighted by atomic mass is 10.2. The van der Waals surface area contributed by atoms with Crippen LogP contribution < -0.4 is 5.32 Å². The number of carbonyl (C=O) groups is 2. The highest BCUT2D eigenvalue weighted by molar-refractivity contribution is 5.76. The normalized spacial score (nSPS) is 13.9. The zero-order valence-electron chi connectivity index (χ0n) is 9.15. The predicted molar refractivity (Wildman–Crippen MR) is 52.3 cm³/mol. The van der Waals surface area contributed by atoms with E-state index in [4.69, 9.17) is 0 Å². The second-order valence-corrected chi connectivity index (χ2v) is 2.85. The molecule has 0 aromatic carbocycles. The van der Waals surface area contributed by atoms with Crippen LogP contribution in [0.1, 0.15) is 20.8 Å². The lowest BCUT2D eigenvalue weighted by Gasteiger charge is -2.18. The van der Waals surface area contributed by atoms with E-state index in [1.807, 2.05) is 0 Å². The summed E-state index contributed by atoms with van der Waals surface area (Å²) in [5.41, 5.74) is 0. The van der Waals surface area contributed by atoms with E-state index in [2.05, 4.69) is 14.8 Å². The van der Waals surface area contributed by atoms with Gasteiger partial charge in [-0.05, 0) is 20.8 Å². The van der Waals surface area contributed by atoms with Crippen LogP contribution in [0.2, 0.25) is 0 Å². The van der Waals surface area contributed by atoms with Gasteiger partial charge in [0.05, 0.1) is 19.3 Å². The lowest BCUT2D eigenvalue weighted by Crippen LogP contribution is -2.45. The molecule has 0 spiro atoms. The molecule has 2 atom stereocenters. The molecule has 0 bridgehead atoms. The number of rotatable bonds is 5. The molecule has 0 saturated heterocycles. The van der Waals surface area contributed by atoms with Gasteiger partial charge >= 0.3 is 12.1 Å². The summed E-state index contributed by atoms with van der Waals surface area (Å²) in [7, 11) is 0. The van der Waals surface area contributed by atoms with E-state index in [9.17, 15) is 14.7 Å². The quantitative estimate of drug-likeness (QED) is 0.638. The molecule has 0 aliphatic carbocycles. The van der Waals surface area contributed by atoms with Gasteiger partial charge in [-0.2, -0.15) is 0 Å². The Morgan fingerprint density at radius 1 is 1.27 bits per heavy atom. The van der Waals surface area contributed by atoms with E-state index < -0.39 is 24.2 Å². The molecule has 0 aromatic heterocycles. The van der Waals surface area contributed by atoms with Crippen LogP contribution in [0.4, 0.5) is 4.79 Å². The molecule has 0 aromatic rings. The number of amides is 1. The van der Waals surface area contributed by atoms with Crippen molar-refractivity contribution in [3.8, 4) is 0 Å². The maximum absolute atomic E-state index is 11.1. The maximum atomic E-state index is 11.1. The van der Waals surface area contributed by atoms with Gasteiger partial charge in [-0.25, -0.2) is 9.59 Å². The Balaban J connectivity index is 4.02. The van der Waals surface area contributed by atoms with E-state index in [1.54, 1.807) is 13.8 Å². The summed E-state index contributed by atoms with van der Waals surface area (Å²) in [6.07, 6.45) is -2.05. The molecule has 0 aliphatic rings. The van der Waals surface area contributed by atoms with E-state index >= 15 is 0 Å². The molecule has 0 radical (unpaired) electrons. The van der Waals surface area contributed by atoms with Crippen molar-refractivity contribution in [3.05, 3.63) is 0 Å². The van der Waals surface area contributed by atoms with Crippen LogP contribution in [-0.4, -0.2) is 42.5 Å². The van der Waals surface area contributed by atoms with Crippen molar-refractivity contribution in [3.63, 3.8) is 0 Å². The van der Waals surface area contributed by atoms with E-state index in [0.717, 1.165) is 0 Å². The van der Waals surface area contributed by atoms with E-state index in [0.29, 0.717) is 0 Å². The molecule has 2 N–H and O–H groups in total. The van der Waals surface area contributed by atoms with Gasteiger partial charge in [-0.3, -0.25) is 0 Å². The third-order valence-electron chi connectivity index (χ3n) is 1.62. The molecular formula is C9H17NO5. The Kier molecular flexibility index (Phi) is 6.44. The molecule has 0 saturated carbocycles. The summed E-state index contributed by atoms with van der Waals surface area (Å²) in [5.74, 6) is -0.762. The first-order chi connectivity index (χ1) is 7.02. The molecule has 0 rings (SSSR count). The molecule has 88 valence electrons. The third-order valence-corrected chi connectivity index (χ3v) is 1.62. The second-order valence-electron chi connectivity index (χ2n) is 2.85. The Bertz CT molecular complexity index is 219. The van der Waals surface area contributed by atoms with Gasteiger partial charge in [0.2, 0.25) is 0 Å². The minimum Gasteiger partial charge on any atom is -0.464 e. The third kappa shape index (κ3) is 5.21. The summed E-state index contributed by atoms with van der Waals surface area (Å²) in [6.45, 7) is 5.19. The summed E-state index contributed by atoms with van der Waals surface area (Å²) in [6, 6.07) is -0.747. The number of alkyl carbamates (subject to hydrolysis) is 1. The fourth-order valence-corrected chi connectivity index (χ4v) is 0.869. The maximum Gasteiger partial charge on any atom is 0.407 e. The monoisotopic (exact) mass is 219 g/mol. The second kappa shape index (κ2) is 7.05. The highest BCUT2D eigenvalue weighted by Gasteiger charge is 2.25. The molecule has 2 unspecified atom stereocenters. The first kappa shape index (κ1) is 13.7. The van der Waals surface area contributed by atoms with Crippen LogP contribution in [0.15, 0.2) is 0 Å². The van der Waals surface area contributed by atoms with Crippen LogP contribution >= 0.6 is 0 Å². The summed E-state index contributed by atoms with van der Waals surface area (Å²) >= 11 is 0. The van der Waals surface area contributed by atoms with E-state index in [1.165, 1.54) is 6.92 Å². The van der Waals surface area contributed by atoms with E-state index in [-0.39, 0.29) is 13.2 Å². The molecule has 15 heavy (non-hydrogen) atoms. The number of carbonyl (C=O) groups excluding carboxylic acids is 2. The van der Waals surface area contributed by atoms with Gasteiger partial charge < -0.3 is 19.9 Å². The van der Waals surface area contributed by atoms with Gasteiger partial charge in [0, 0.05) is 0 Å². The van der Waals surface area contributed by atoms with Crippen molar-refractivity contribution in [2.24, 2.45) is 0 Å². The zero-order valence-corrected chi connectivity index (χ0v) is 9.15. The Labute approximate surface area is 88.6 Å². The molecule has 0 aliphatic heterocycles. The smallest absolute Gasteiger partial charge is 0.407 e. The van der Waals surface area contributed by atoms with Gasteiger partial charge in [0.15, 0.2) is 6.10 Å². The Morgan fingerprint density at radius 3 is 2.27 bits per heavy atom. The highest BCUT2D eigenvalue weighted by atomic mass is 16.6. The fraction of sp³-hybridized carbons (Fsp3) is 0.778. The van der Waals surface area contributed by atoms with Crippen molar-refractivity contribution in [2.45, 2.75) is 32.9 Å². The highest BCUT2D eigenvalue weighted by Crippen LogP contribution is 1.97. The molecule has 1 amide bonds. The molecule has 6 heteroatoms. The number of aliphatic hydroxyl groups is 1. The number of hydrogen-bond acceptors (Lipinski definition) is 5. The van der Waals surface area contributed by atoms with Crippen LogP contribution in [0, 0.1) is 0 Å². The van der Waals surface area contributed by atoms with Crippen LogP contribution in [0.5, 0.6) is 0 Å². The van der Waals surface area contributed by atoms with Crippen LogP contribution in [-0.2, 0) is 14.3 Å². The van der Waals surface area contributed by atoms with Crippen molar-refractivity contribution >= 4 is 12.1 Å². The fourth-order valence-electron chi connectivity index (χ4n) is 0.869. The molecule has 6 nitrogen and oxygen atoms in total. The van der Waals surface area contributed by atoms with Crippen molar-refractivity contribution in [1.82, 2.24) is 5.32 Å². The number of nitrogens with one attached hydrogen (secondary N) is 1. The number of esters is 1. The average molecular weight is 219 g/mol. The summed E-state index contributed by atoms with van der Waals surface area (Å²) < 4.78 is 9.17. The van der Waals surface area contributed by atoms with Crippen LogP contribution in [0.3, 0.4) is 0 Å². The van der Waals surface area contributed by atoms with Gasteiger partial charge in [0.1, 0.15) is 0 Å². The summed E-state index contributed by atoms with van der Waals surface area (Å²) in [4.78, 5) is 22.0. The average Bonchev–Trinajstić information content (AvgIpc) is 2.17. The lowest BCUT2D eigenvalue weighted by molar-refractivity contribution is -0.154. The Hall–Kier alpha value is -1.30. The zero-order chi connectivity index (χ0) is 11.8. The summed E-state index contributed by atoms with van der Waals surface area (Å²) in [5, 5.41) is 11.7. The number of aliphatic hydroxyl groups excluding tert-OH is 1. The van der Waals surface area contributed by atoms with Gasteiger partial charge in [-0.1, -0.05) is 0 Å². The standard InChI is InChI=1S/C9H17NO5/c1-4-14-8(12)7(11)6(3)10-9(13)15-5-2/h6-7,11H,4-5H2,1-3H3,(H,10,13). The molecule has 0 fully saturated rings. The first-order valence-corrected chi connectivity index (χ1v) is 4.80. The van der Waals surface area contributed by atoms with Crippen molar-refractivity contribution in [1.29, 1.82) is 0 Å². The minimum absolute atomic E-state index is 0.183. The van der Waals surface area contributed by atoms with Gasteiger partial charge in [-0.15, -0.1) is 0 Å². The molecular weight excluding hydrogens is 202 g/mol. The minimum atomic E-state index is -1.38. The number of ether oxygens (including phenoxy) is 2.